The van der Waals surface area contributed by atoms with Gasteiger partial charge in [-0.1, -0.05) is 31.8 Å². The normalized spacial score (nSPS) is 10.5. The van der Waals surface area contributed by atoms with Crippen LogP contribution in [0.25, 0.3) is 20.9 Å². The summed E-state index contributed by atoms with van der Waals surface area (Å²) in [4.78, 5) is 30.0. The van der Waals surface area contributed by atoms with Gasteiger partial charge in [-0.05, 0) is 59.6 Å². The van der Waals surface area contributed by atoms with Gasteiger partial charge in [0.05, 0.1) is 0 Å². The second kappa shape index (κ2) is 14.1. The molecule has 0 aliphatic carbocycles. The highest BCUT2D eigenvalue weighted by atomic mass is 33.1. The van der Waals surface area contributed by atoms with E-state index >= 15 is 0 Å². The van der Waals surface area contributed by atoms with E-state index in [0.29, 0.717) is 9.79 Å². The minimum absolute atomic E-state index is 0.00162. The predicted octanol–water partition coefficient (Wildman–Crippen LogP) is 9.99. The van der Waals surface area contributed by atoms with Crippen LogP contribution in [0.5, 0.6) is 0 Å². The van der Waals surface area contributed by atoms with Gasteiger partial charge in [-0.3, -0.25) is 9.59 Å². The Bertz CT molecular complexity index is 1790. The molecule has 20 heteroatoms. The van der Waals surface area contributed by atoms with Gasteiger partial charge in [-0.15, -0.1) is 0 Å². The zero-order chi connectivity index (χ0) is 33.7. The molecule has 234 valence electrons. The molecule has 4 aromatic rings. The molecule has 0 aliphatic heterocycles. The molecule has 10 nitrogen and oxygen atoms in total. The first-order valence-corrected chi connectivity index (χ1v) is 14.0. The van der Waals surface area contributed by atoms with Crippen molar-refractivity contribution in [1.82, 2.24) is 0 Å². The second-order valence-corrected chi connectivity index (χ2v) is 10.7. The van der Waals surface area contributed by atoms with Gasteiger partial charge in [0.2, 0.25) is 0 Å². The number of carbonyl (C=O) groups is 2. The third-order valence-corrected chi connectivity index (χ3v) is 8.10. The van der Waals surface area contributed by atoms with E-state index in [-0.39, 0.29) is 11.4 Å². The van der Waals surface area contributed by atoms with Crippen molar-refractivity contribution in [3.63, 3.8) is 0 Å². The van der Waals surface area contributed by atoms with Crippen LogP contribution in [0.3, 0.4) is 0 Å². The molecule has 46 heavy (non-hydrogen) atoms. The number of rotatable bonds is 9. The third-order valence-electron chi connectivity index (χ3n) is 5.68. The fourth-order valence-corrected chi connectivity index (χ4v) is 5.51. The largest absolute Gasteiger partial charge is 0.322 e. The van der Waals surface area contributed by atoms with Gasteiger partial charge < -0.3 is 10.6 Å². The summed E-state index contributed by atoms with van der Waals surface area (Å²) >= 11 is 0. The number of hydrogen-bond donors (Lipinski definition) is 2. The lowest BCUT2D eigenvalue weighted by molar-refractivity contribution is 0.100. The molecular weight excluding hydrogens is 672 g/mol. The van der Waals surface area contributed by atoms with Crippen LogP contribution >= 0.6 is 21.6 Å². The van der Waals surface area contributed by atoms with E-state index in [4.69, 9.17) is 11.1 Å². The highest BCUT2D eigenvalue weighted by Crippen LogP contribution is 2.38. The summed E-state index contributed by atoms with van der Waals surface area (Å²) in [6, 6.07) is 11.2. The van der Waals surface area contributed by atoms with Gasteiger partial charge in [0.25, 0.3) is 11.8 Å². The summed E-state index contributed by atoms with van der Waals surface area (Å²) < 4.78 is 113. The number of benzene rings is 4. The Morgan fingerprint density at radius 2 is 0.804 bits per heavy atom. The highest BCUT2D eigenvalue weighted by molar-refractivity contribution is 8.76. The standard InChI is InChI=1S/C26H10F8N8O2S2/c27-15-13(16(28)20(32)23(19(15)31)39-41-35)25(43)37-9-1-5-11(6-2-9)45-46-12-7-3-10(4-8-12)38-26(44)14-17(29)21(33)24(40-42-36)22(34)18(14)30/h1-8H,(H,37,43)(H,38,44). The lowest BCUT2D eigenvalue weighted by atomic mass is 10.1. The van der Waals surface area contributed by atoms with Gasteiger partial charge in [0.1, 0.15) is 22.5 Å². The Hall–Kier alpha value is -5.42. The maximum atomic E-state index is 14.2. The molecule has 0 saturated heterocycles. The molecule has 4 aromatic carbocycles. The third kappa shape index (κ3) is 6.79. The fourth-order valence-electron chi connectivity index (χ4n) is 3.58. The van der Waals surface area contributed by atoms with E-state index in [1.165, 1.54) is 70.1 Å². The van der Waals surface area contributed by atoms with Gasteiger partial charge >= 0.3 is 0 Å². The summed E-state index contributed by atoms with van der Waals surface area (Å²) in [5, 5.41) is 9.27. The van der Waals surface area contributed by atoms with Crippen molar-refractivity contribution in [2.24, 2.45) is 10.2 Å². The molecule has 0 atom stereocenters. The minimum Gasteiger partial charge on any atom is -0.322 e. The fraction of sp³-hybridized carbons (Fsp3) is 0. The quantitative estimate of drug-likeness (QED) is 0.0450. The number of halogens is 8. The van der Waals surface area contributed by atoms with Crippen LogP contribution in [0, 0.1) is 46.5 Å². The molecule has 0 aromatic heterocycles. The lowest BCUT2D eigenvalue weighted by Gasteiger charge is -2.11. The minimum atomic E-state index is -2.06. The van der Waals surface area contributed by atoms with E-state index < -0.39 is 80.9 Å². The Kier molecular flexibility index (Phi) is 10.3. The maximum Gasteiger partial charge on any atom is 0.261 e. The molecule has 0 unspecified atom stereocenters. The van der Waals surface area contributed by atoms with Crippen LogP contribution in [-0.4, -0.2) is 11.8 Å². The molecule has 2 amide bonds. The summed E-state index contributed by atoms with van der Waals surface area (Å²) in [7, 11) is 2.36. The van der Waals surface area contributed by atoms with Crippen LogP contribution in [0.15, 0.2) is 68.6 Å². The van der Waals surface area contributed by atoms with Crippen LogP contribution < -0.4 is 10.6 Å². The van der Waals surface area contributed by atoms with Gasteiger partial charge in [0.15, 0.2) is 46.5 Å². The molecule has 0 bridgehead atoms. The molecule has 0 heterocycles. The first kappa shape index (κ1) is 33.5. The Labute approximate surface area is 258 Å². The number of amides is 2. The molecule has 0 radical (unpaired) electrons. The SMILES string of the molecule is [N-]=[N+]=Nc1c(F)c(F)c(C(=O)Nc2ccc(SSc3ccc(NC(=O)c4c(F)c(F)c(N=[N+]=[N-])c(F)c4F)cc3)cc2)c(F)c1F. The van der Waals surface area contributed by atoms with Crippen molar-refractivity contribution in [1.29, 1.82) is 0 Å². The molecule has 0 fully saturated rings. The Morgan fingerprint density at radius 3 is 1.07 bits per heavy atom. The number of azide groups is 2. The number of carbonyl (C=O) groups excluding carboxylic acids is 2. The van der Waals surface area contributed by atoms with E-state index in [1.54, 1.807) is 0 Å². The molecule has 2 N–H and O–H groups in total. The van der Waals surface area contributed by atoms with Gasteiger partial charge in [-0.25, -0.2) is 35.1 Å². The highest BCUT2D eigenvalue weighted by Gasteiger charge is 2.30. The van der Waals surface area contributed by atoms with Crippen molar-refractivity contribution in [2.75, 3.05) is 10.6 Å². The van der Waals surface area contributed by atoms with E-state index in [9.17, 15) is 44.7 Å². The monoisotopic (exact) mass is 682 g/mol. The summed E-state index contributed by atoms with van der Waals surface area (Å²) in [5.74, 6) is -19.5. The molecule has 0 aliphatic rings. The molecular formula is C26H10F8N8O2S2. The van der Waals surface area contributed by atoms with Crippen molar-refractivity contribution in [3.8, 4) is 0 Å². The predicted molar refractivity (Wildman–Crippen MR) is 151 cm³/mol. The maximum absolute atomic E-state index is 14.2. The van der Waals surface area contributed by atoms with Crippen LogP contribution in [0.1, 0.15) is 20.7 Å². The number of nitrogens with one attached hydrogen (secondary N) is 2. The van der Waals surface area contributed by atoms with E-state index in [2.05, 4.69) is 30.7 Å². The van der Waals surface area contributed by atoms with Crippen molar-refractivity contribution in [3.05, 3.63) is 127 Å². The van der Waals surface area contributed by atoms with Crippen molar-refractivity contribution < 1.29 is 44.7 Å². The average molecular weight is 683 g/mol. The molecule has 4 rings (SSSR count). The van der Waals surface area contributed by atoms with Gasteiger partial charge in [-0.2, -0.15) is 0 Å². The first-order chi connectivity index (χ1) is 21.9. The van der Waals surface area contributed by atoms with Crippen LogP contribution in [-0.2, 0) is 0 Å². The Balaban J connectivity index is 1.39. The van der Waals surface area contributed by atoms with Crippen molar-refractivity contribution in [2.45, 2.75) is 9.79 Å². The molecule has 0 saturated carbocycles. The Morgan fingerprint density at radius 1 is 0.522 bits per heavy atom. The first-order valence-electron chi connectivity index (χ1n) is 11.9. The zero-order valence-corrected chi connectivity index (χ0v) is 23.6. The van der Waals surface area contributed by atoms with Gasteiger partial charge in [0, 0.05) is 31.0 Å². The molecule has 0 spiro atoms. The van der Waals surface area contributed by atoms with E-state index in [0.717, 1.165) is 0 Å². The van der Waals surface area contributed by atoms with Crippen LogP contribution in [0.4, 0.5) is 57.9 Å². The number of hydrogen-bond acceptors (Lipinski definition) is 6. The summed E-state index contributed by atoms with van der Waals surface area (Å²) in [6.45, 7) is 0. The van der Waals surface area contributed by atoms with Crippen LogP contribution in [0.2, 0.25) is 0 Å². The topological polar surface area (TPSA) is 156 Å². The van der Waals surface area contributed by atoms with E-state index in [1.807, 2.05) is 0 Å². The number of anilines is 2. The lowest BCUT2D eigenvalue weighted by Crippen LogP contribution is -2.18. The van der Waals surface area contributed by atoms with Crippen molar-refractivity contribution >= 4 is 56.2 Å². The number of nitrogens with zero attached hydrogens (tertiary/aromatic N) is 6. The second-order valence-electron chi connectivity index (χ2n) is 8.46. The summed E-state index contributed by atoms with van der Waals surface area (Å²) in [6.07, 6.45) is 0. The zero-order valence-electron chi connectivity index (χ0n) is 22.0. The summed E-state index contributed by atoms with van der Waals surface area (Å²) in [5.41, 5.74) is 10.3. The average Bonchev–Trinajstić information content (AvgIpc) is 3.04. The smallest absolute Gasteiger partial charge is 0.261 e.